The minimum atomic E-state index is -0.599. The molecule has 0 N–H and O–H groups in total. The number of nitrogens with zero attached hydrogens (tertiary/aromatic N) is 2. The number of esters is 2. The van der Waals surface area contributed by atoms with Gasteiger partial charge in [0.15, 0.2) is 23.0 Å². The third-order valence-corrected chi connectivity index (χ3v) is 7.01. The maximum atomic E-state index is 12.4. The van der Waals surface area contributed by atoms with Gasteiger partial charge in [0.05, 0.1) is 64.6 Å². The number of hydrogen-bond acceptors (Lipinski definition) is 10. The molecule has 4 aromatic rings. The Kier molecular flexibility index (Phi) is 11.9. The van der Waals surface area contributed by atoms with Crippen LogP contribution in [0, 0.1) is 22.7 Å². The van der Waals surface area contributed by atoms with Gasteiger partial charge in [0.1, 0.15) is 11.5 Å². The van der Waals surface area contributed by atoms with Crippen LogP contribution in [0.25, 0.3) is 23.3 Å². The Morgan fingerprint density at radius 2 is 0.896 bits per heavy atom. The first kappa shape index (κ1) is 34.4. The van der Waals surface area contributed by atoms with Crippen molar-refractivity contribution in [2.45, 2.75) is 12.8 Å². The van der Waals surface area contributed by atoms with E-state index in [0.29, 0.717) is 56.8 Å². The molecule has 10 nitrogen and oxygen atoms in total. The van der Waals surface area contributed by atoms with E-state index < -0.39 is 11.9 Å². The zero-order valence-electron chi connectivity index (χ0n) is 26.8. The van der Waals surface area contributed by atoms with Crippen molar-refractivity contribution in [3.8, 4) is 46.6 Å². The monoisotopic (exact) mass is 644 g/mol. The number of carbonyl (C=O) groups is 2. The number of methoxy groups -OCH3 is 4. The van der Waals surface area contributed by atoms with Gasteiger partial charge in [0, 0.05) is 0 Å². The lowest BCUT2D eigenvalue weighted by molar-refractivity contribution is -0.140. The number of rotatable bonds is 13. The molecule has 4 aromatic carbocycles. The molecular formula is C38H32N2O8. The summed E-state index contributed by atoms with van der Waals surface area (Å²) in [5, 5.41) is 19.4. The molecule has 0 heterocycles. The molecule has 10 heteroatoms. The van der Waals surface area contributed by atoms with Gasteiger partial charge in [-0.2, -0.15) is 10.5 Å². The highest BCUT2D eigenvalue weighted by Crippen LogP contribution is 2.32. The van der Waals surface area contributed by atoms with Gasteiger partial charge in [-0.15, -0.1) is 0 Å². The first-order valence-corrected chi connectivity index (χ1v) is 14.6. The minimum absolute atomic E-state index is 0.184. The maximum Gasteiger partial charge on any atom is 0.311 e. The molecule has 0 spiro atoms. The van der Waals surface area contributed by atoms with Crippen LogP contribution in [0.2, 0.25) is 0 Å². The molecule has 0 radical (unpaired) electrons. The van der Waals surface area contributed by atoms with E-state index in [1.54, 1.807) is 97.1 Å². The quantitative estimate of drug-likeness (QED) is 0.0639. The van der Waals surface area contributed by atoms with E-state index in [2.05, 4.69) is 12.1 Å². The van der Waals surface area contributed by atoms with Crippen LogP contribution in [-0.4, -0.2) is 40.4 Å². The van der Waals surface area contributed by atoms with Crippen molar-refractivity contribution in [3.05, 3.63) is 107 Å². The third kappa shape index (κ3) is 9.03. The van der Waals surface area contributed by atoms with E-state index >= 15 is 0 Å². The Morgan fingerprint density at radius 3 is 1.21 bits per heavy atom. The molecule has 0 amide bonds. The molecular weight excluding hydrogens is 612 g/mol. The van der Waals surface area contributed by atoms with Crippen molar-refractivity contribution in [1.82, 2.24) is 0 Å². The molecule has 48 heavy (non-hydrogen) atoms. The van der Waals surface area contributed by atoms with E-state index in [4.69, 9.17) is 28.4 Å². The maximum absolute atomic E-state index is 12.4. The van der Waals surface area contributed by atoms with Gasteiger partial charge < -0.3 is 28.4 Å². The van der Waals surface area contributed by atoms with Crippen LogP contribution in [0.4, 0.5) is 0 Å². The van der Waals surface area contributed by atoms with Crippen LogP contribution in [0.15, 0.2) is 84.9 Å². The molecule has 0 fully saturated rings. The second kappa shape index (κ2) is 16.7. The Hall–Kier alpha value is -6.52. The van der Waals surface area contributed by atoms with Crippen LogP contribution in [0.3, 0.4) is 0 Å². The molecule has 0 aromatic heterocycles. The molecule has 0 aliphatic heterocycles. The Balaban J connectivity index is 1.29. The lowest BCUT2D eigenvalue weighted by Gasteiger charge is -2.09. The standard InChI is InChI=1S/C38H32N2O8/c1-43-33-15-9-27(21-35(33)45-3)29(23-39)19-25-5-11-31(12-6-25)47-37(41)17-18-38(42)48-32-13-7-26(8-14-32)20-30(24-40)28-10-16-34(44-2)36(22-28)46-4/h5-16,19-22H,17-18H2,1-4H3. The van der Waals surface area contributed by atoms with E-state index in [0.717, 1.165) is 11.1 Å². The summed E-state index contributed by atoms with van der Waals surface area (Å²) in [6.07, 6.45) is 3.03. The van der Waals surface area contributed by atoms with E-state index in [9.17, 15) is 20.1 Å². The summed E-state index contributed by atoms with van der Waals surface area (Å²) in [4.78, 5) is 24.8. The average molecular weight is 645 g/mol. The van der Waals surface area contributed by atoms with Gasteiger partial charge >= 0.3 is 11.9 Å². The number of hydrogen-bond donors (Lipinski definition) is 0. The highest BCUT2D eigenvalue weighted by Gasteiger charge is 2.13. The van der Waals surface area contributed by atoms with Gasteiger partial charge in [-0.25, -0.2) is 0 Å². The van der Waals surface area contributed by atoms with Crippen LogP contribution in [-0.2, 0) is 9.59 Å². The predicted octanol–water partition coefficient (Wildman–Crippen LogP) is 7.14. The fourth-order valence-electron chi connectivity index (χ4n) is 4.53. The smallest absolute Gasteiger partial charge is 0.311 e. The first-order chi connectivity index (χ1) is 23.3. The second-order valence-corrected chi connectivity index (χ2v) is 10.1. The largest absolute Gasteiger partial charge is 0.493 e. The number of allylic oxidation sites excluding steroid dienone is 2. The van der Waals surface area contributed by atoms with Crippen molar-refractivity contribution < 1.29 is 38.0 Å². The van der Waals surface area contributed by atoms with Crippen LogP contribution < -0.4 is 28.4 Å². The van der Waals surface area contributed by atoms with Crippen molar-refractivity contribution in [2.75, 3.05) is 28.4 Å². The zero-order chi connectivity index (χ0) is 34.5. The SMILES string of the molecule is COc1ccc(C(C#N)=Cc2ccc(OC(=O)CCC(=O)Oc3ccc(C=C(C#N)c4ccc(OC)c(OC)c4)cc3)cc2)cc1OC. The number of benzene rings is 4. The highest BCUT2D eigenvalue weighted by atomic mass is 16.5. The molecule has 242 valence electrons. The topological polar surface area (TPSA) is 137 Å². The zero-order valence-corrected chi connectivity index (χ0v) is 26.8. The highest BCUT2D eigenvalue weighted by molar-refractivity contribution is 5.91. The van der Waals surface area contributed by atoms with Crippen LogP contribution in [0.5, 0.6) is 34.5 Å². The normalized spacial score (nSPS) is 11.0. The number of nitriles is 2. The second-order valence-electron chi connectivity index (χ2n) is 10.1. The molecule has 0 bridgehead atoms. The fourth-order valence-corrected chi connectivity index (χ4v) is 4.53. The summed E-state index contributed by atoms with van der Waals surface area (Å²) in [5.41, 5.74) is 3.57. The predicted molar refractivity (Wildman–Crippen MR) is 179 cm³/mol. The van der Waals surface area contributed by atoms with Crippen LogP contribution in [0.1, 0.15) is 35.1 Å². The van der Waals surface area contributed by atoms with Crippen molar-refractivity contribution >= 4 is 35.2 Å². The van der Waals surface area contributed by atoms with E-state index in [-0.39, 0.29) is 12.8 Å². The summed E-state index contributed by atoms with van der Waals surface area (Å²) in [5.74, 6) is 1.51. The Labute approximate surface area is 278 Å². The van der Waals surface area contributed by atoms with Crippen molar-refractivity contribution in [1.29, 1.82) is 10.5 Å². The average Bonchev–Trinajstić information content (AvgIpc) is 3.12. The lowest BCUT2D eigenvalue weighted by Crippen LogP contribution is -2.14. The molecule has 0 atom stereocenters. The summed E-state index contributed by atoms with van der Waals surface area (Å²) in [7, 11) is 6.12. The van der Waals surface area contributed by atoms with Crippen LogP contribution >= 0.6 is 0 Å². The van der Waals surface area contributed by atoms with Gasteiger partial charge in [0.25, 0.3) is 0 Å². The molecule has 0 saturated carbocycles. The summed E-state index contributed by atoms with van der Waals surface area (Å²) in [6, 6.07) is 28.0. The van der Waals surface area contributed by atoms with E-state index in [1.165, 1.54) is 28.4 Å². The van der Waals surface area contributed by atoms with Gasteiger partial charge in [-0.1, -0.05) is 24.3 Å². The number of carbonyl (C=O) groups excluding carboxylic acids is 2. The lowest BCUT2D eigenvalue weighted by atomic mass is 10.0. The molecule has 0 unspecified atom stereocenters. The van der Waals surface area contributed by atoms with Gasteiger partial charge in [-0.05, 0) is 95.1 Å². The Bertz CT molecular complexity index is 1770. The van der Waals surface area contributed by atoms with Crippen molar-refractivity contribution in [3.63, 3.8) is 0 Å². The molecule has 0 aliphatic carbocycles. The van der Waals surface area contributed by atoms with Crippen molar-refractivity contribution in [2.24, 2.45) is 0 Å². The Morgan fingerprint density at radius 1 is 0.542 bits per heavy atom. The minimum Gasteiger partial charge on any atom is -0.493 e. The molecule has 0 aliphatic rings. The first-order valence-electron chi connectivity index (χ1n) is 14.6. The summed E-state index contributed by atoms with van der Waals surface area (Å²) < 4.78 is 31.9. The van der Waals surface area contributed by atoms with E-state index in [1.807, 2.05) is 0 Å². The summed E-state index contributed by atoms with van der Waals surface area (Å²) in [6.45, 7) is 0. The van der Waals surface area contributed by atoms with Gasteiger partial charge in [-0.3, -0.25) is 9.59 Å². The number of ether oxygens (including phenoxy) is 6. The summed E-state index contributed by atoms with van der Waals surface area (Å²) >= 11 is 0. The fraction of sp³-hybridized carbons (Fsp3) is 0.158. The molecule has 4 rings (SSSR count). The van der Waals surface area contributed by atoms with Gasteiger partial charge in [0.2, 0.25) is 0 Å². The third-order valence-electron chi connectivity index (χ3n) is 7.01. The molecule has 0 saturated heterocycles.